The normalized spacial score (nSPS) is 11.9. The Morgan fingerprint density at radius 2 is 1.90 bits per heavy atom. The van der Waals surface area contributed by atoms with Crippen molar-refractivity contribution in [3.63, 3.8) is 0 Å². The van der Waals surface area contributed by atoms with E-state index in [4.69, 9.17) is 5.11 Å². The van der Waals surface area contributed by atoms with Crippen LogP contribution in [0.2, 0.25) is 0 Å². The summed E-state index contributed by atoms with van der Waals surface area (Å²) in [7, 11) is -0.984. The molecule has 0 saturated carbocycles. The van der Waals surface area contributed by atoms with Gasteiger partial charge in [0.1, 0.15) is 0 Å². The van der Waals surface area contributed by atoms with Crippen LogP contribution in [0.4, 0.5) is 0 Å². The van der Waals surface area contributed by atoms with Crippen molar-refractivity contribution in [3.8, 4) is 0 Å². The van der Waals surface area contributed by atoms with Crippen LogP contribution < -0.4 is 0 Å². The van der Waals surface area contributed by atoms with E-state index in [-0.39, 0.29) is 0 Å². The maximum atomic E-state index is 10.7. The lowest BCUT2D eigenvalue weighted by atomic mass is 10.8. The van der Waals surface area contributed by atoms with Gasteiger partial charge in [-0.1, -0.05) is 0 Å². The summed E-state index contributed by atoms with van der Waals surface area (Å²) >= 11 is 0. The Morgan fingerprint density at radius 1 is 1.50 bits per heavy atom. The first-order chi connectivity index (χ1) is 4.36. The second-order valence-electron chi connectivity index (χ2n) is 1.93. The Labute approximate surface area is 59.3 Å². The Bertz CT molecular complexity index is 217. The standard InChI is InChI=1S/C4H9NO4S/c1-5(2)10(8,9)3-4(6)7/h3H2,1-2H3,(H,6,7). The van der Waals surface area contributed by atoms with Crippen molar-refractivity contribution in [1.82, 2.24) is 4.31 Å². The van der Waals surface area contributed by atoms with E-state index in [2.05, 4.69) is 0 Å². The van der Waals surface area contributed by atoms with E-state index in [1.165, 1.54) is 14.1 Å². The van der Waals surface area contributed by atoms with Crippen molar-refractivity contribution in [3.05, 3.63) is 0 Å². The number of carbonyl (C=O) groups is 1. The number of nitrogens with zero attached hydrogens (tertiary/aromatic N) is 1. The number of hydrogen-bond acceptors (Lipinski definition) is 3. The van der Waals surface area contributed by atoms with Crippen LogP contribution in [0.15, 0.2) is 0 Å². The molecule has 0 aromatic carbocycles. The zero-order valence-corrected chi connectivity index (χ0v) is 6.55. The molecular formula is C4H9NO4S. The first-order valence-electron chi connectivity index (χ1n) is 2.48. The van der Waals surface area contributed by atoms with Crippen molar-refractivity contribution in [2.75, 3.05) is 19.8 Å². The van der Waals surface area contributed by atoms with Crippen LogP contribution in [0.25, 0.3) is 0 Å². The zero-order chi connectivity index (χ0) is 8.36. The predicted octanol–water partition coefficient (Wildman–Crippen LogP) is -1.04. The molecular weight excluding hydrogens is 158 g/mol. The molecule has 0 unspecified atom stereocenters. The summed E-state index contributed by atoms with van der Waals surface area (Å²) in [5, 5.41) is 8.09. The van der Waals surface area contributed by atoms with Crippen LogP contribution in [-0.4, -0.2) is 43.6 Å². The second-order valence-corrected chi connectivity index (χ2v) is 4.12. The third-order valence-electron chi connectivity index (χ3n) is 0.862. The minimum atomic E-state index is -3.56. The zero-order valence-electron chi connectivity index (χ0n) is 5.73. The molecule has 0 aromatic rings. The van der Waals surface area contributed by atoms with Gasteiger partial charge >= 0.3 is 5.97 Å². The van der Waals surface area contributed by atoms with Gasteiger partial charge in [0.2, 0.25) is 10.0 Å². The summed E-state index contributed by atoms with van der Waals surface area (Å²) in [6.45, 7) is 0. The van der Waals surface area contributed by atoms with Gasteiger partial charge < -0.3 is 5.11 Å². The maximum absolute atomic E-state index is 10.7. The Morgan fingerprint density at radius 3 is 2.00 bits per heavy atom. The molecule has 60 valence electrons. The van der Waals surface area contributed by atoms with Crippen LogP contribution in [0.3, 0.4) is 0 Å². The highest BCUT2D eigenvalue weighted by molar-refractivity contribution is 7.89. The second kappa shape index (κ2) is 2.98. The van der Waals surface area contributed by atoms with Crippen molar-refractivity contribution < 1.29 is 18.3 Å². The maximum Gasteiger partial charge on any atom is 0.320 e. The first-order valence-corrected chi connectivity index (χ1v) is 4.09. The lowest BCUT2D eigenvalue weighted by molar-refractivity contribution is -0.134. The summed E-state index contributed by atoms with van der Waals surface area (Å²) in [5.41, 5.74) is 0. The fraction of sp³-hybridized carbons (Fsp3) is 0.750. The van der Waals surface area contributed by atoms with E-state index in [0.29, 0.717) is 0 Å². The van der Waals surface area contributed by atoms with Gasteiger partial charge in [0, 0.05) is 14.1 Å². The number of sulfonamides is 1. The number of carboxylic acids is 1. The topological polar surface area (TPSA) is 74.7 Å². The number of rotatable bonds is 3. The largest absolute Gasteiger partial charge is 0.480 e. The summed E-state index contributed by atoms with van der Waals surface area (Å²) < 4.78 is 22.2. The van der Waals surface area contributed by atoms with Gasteiger partial charge in [0.15, 0.2) is 5.75 Å². The first kappa shape index (κ1) is 9.38. The number of carboxylic acid groups (broad SMARTS) is 1. The van der Waals surface area contributed by atoms with Gasteiger partial charge in [-0.2, -0.15) is 0 Å². The molecule has 6 heteroatoms. The fourth-order valence-corrected chi connectivity index (χ4v) is 0.855. The lowest BCUT2D eigenvalue weighted by Gasteiger charge is -2.07. The lowest BCUT2D eigenvalue weighted by Crippen LogP contribution is -2.28. The van der Waals surface area contributed by atoms with E-state index in [0.717, 1.165) is 4.31 Å². The average molecular weight is 167 g/mol. The van der Waals surface area contributed by atoms with Crippen LogP contribution in [0.5, 0.6) is 0 Å². The molecule has 0 bridgehead atoms. The van der Waals surface area contributed by atoms with Crippen molar-refractivity contribution >= 4 is 16.0 Å². The van der Waals surface area contributed by atoms with E-state index >= 15 is 0 Å². The summed E-state index contributed by atoms with van der Waals surface area (Å²) in [6, 6.07) is 0. The quantitative estimate of drug-likeness (QED) is 0.582. The van der Waals surface area contributed by atoms with Gasteiger partial charge in [-0.25, -0.2) is 12.7 Å². The van der Waals surface area contributed by atoms with Gasteiger partial charge in [0.25, 0.3) is 0 Å². The monoisotopic (exact) mass is 167 g/mol. The minimum Gasteiger partial charge on any atom is -0.480 e. The van der Waals surface area contributed by atoms with E-state index in [9.17, 15) is 13.2 Å². The number of hydrogen-bond donors (Lipinski definition) is 1. The molecule has 0 rings (SSSR count). The molecule has 0 heterocycles. The molecule has 10 heavy (non-hydrogen) atoms. The molecule has 0 amide bonds. The summed E-state index contributed by atoms with van der Waals surface area (Å²) in [6.07, 6.45) is 0. The van der Waals surface area contributed by atoms with Crippen LogP contribution >= 0.6 is 0 Å². The van der Waals surface area contributed by atoms with E-state index in [1.54, 1.807) is 0 Å². The van der Waals surface area contributed by atoms with E-state index in [1.807, 2.05) is 0 Å². The third-order valence-corrected chi connectivity index (χ3v) is 2.59. The summed E-state index contributed by atoms with van der Waals surface area (Å²) in [5.74, 6) is -2.19. The molecule has 0 aliphatic rings. The Kier molecular flexibility index (Phi) is 2.79. The molecule has 0 atom stereocenters. The fourth-order valence-electron chi connectivity index (χ4n) is 0.285. The SMILES string of the molecule is CN(C)S(=O)(=O)CC(=O)O. The highest BCUT2D eigenvalue weighted by Gasteiger charge is 2.17. The molecule has 0 aromatic heterocycles. The Hall–Kier alpha value is -0.620. The molecule has 5 nitrogen and oxygen atoms in total. The molecule has 0 aliphatic heterocycles. The average Bonchev–Trinajstić information content (AvgIpc) is 1.60. The van der Waals surface area contributed by atoms with Crippen LogP contribution in [0, 0.1) is 0 Å². The van der Waals surface area contributed by atoms with Gasteiger partial charge in [-0.3, -0.25) is 4.79 Å². The highest BCUT2D eigenvalue weighted by Crippen LogP contribution is 1.92. The van der Waals surface area contributed by atoms with Crippen LogP contribution in [0.1, 0.15) is 0 Å². The van der Waals surface area contributed by atoms with Gasteiger partial charge in [0.05, 0.1) is 0 Å². The Balaban J connectivity index is 4.31. The molecule has 0 fully saturated rings. The third kappa shape index (κ3) is 2.79. The van der Waals surface area contributed by atoms with E-state index < -0.39 is 21.7 Å². The van der Waals surface area contributed by atoms with Crippen molar-refractivity contribution in [2.45, 2.75) is 0 Å². The smallest absolute Gasteiger partial charge is 0.320 e. The predicted molar refractivity (Wildman–Crippen MR) is 35.1 cm³/mol. The van der Waals surface area contributed by atoms with Crippen LogP contribution in [-0.2, 0) is 14.8 Å². The number of aliphatic carboxylic acids is 1. The van der Waals surface area contributed by atoms with Gasteiger partial charge in [-0.05, 0) is 0 Å². The molecule has 0 spiro atoms. The van der Waals surface area contributed by atoms with Crippen molar-refractivity contribution in [1.29, 1.82) is 0 Å². The molecule has 0 radical (unpaired) electrons. The van der Waals surface area contributed by atoms with Gasteiger partial charge in [-0.15, -0.1) is 0 Å². The minimum absolute atomic E-state index is 0.847. The molecule has 0 saturated heterocycles. The van der Waals surface area contributed by atoms with Crippen molar-refractivity contribution in [2.24, 2.45) is 0 Å². The molecule has 0 aliphatic carbocycles. The summed E-state index contributed by atoms with van der Waals surface area (Å²) in [4.78, 5) is 9.91. The molecule has 1 N–H and O–H groups in total. The highest BCUT2D eigenvalue weighted by atomic mass is 32.2.